The summed E-state index contributed by atoms with van der Waals surface area (Å²) >= 11 is 5.86. The molecule has 3 nitrogen and oxygen atoms in total. The second-order valence-corrected chi connectivity index (χ2v) is 4.85. The van der Waals surface area contributed by atoms with E-state index in [1.807, 2.05) is 49.3 Å². The maximum absolute atomic E-state index is 11.1. The van der Waals surface area contributed by atoms with Gasteiger partial charge in [-0.1, -0.05) is 29.8 Å². The maximum Gasteiger partial charge on any atom is 0.337 e. The van der Waals surface area contributed by atoms with Crippen molar-refractivity contribution in [3.63, 3.8) is 0 Å². The zero-order valence-corrected chi connectivity index (χ0v) is 11.5. The van der Waals surface area contributed by atoms with Crippen LogP contribution in [0.3, 0.4) is 0 Å². The average molecular weight is 276 g/mol. The predicted octanol–water partition coefficient (Wildman–Crippen LogP) is 3.77. The fraction of sp³-hybridized carbons (Fsp3) is 0.133. The van der Waals surface area contributed by atoms with Gasteiger partial charge in [-0.25, -0.2) is 4.79 Å². The molecule has 0 saturated carbocycles. The molecule has 0 fully saturated rings. The zero-order valence-electron chi connectivity index (χ0n) is 10.7. The largest absolute Gasteiger partial charge is 0.478 e. The Morgan fingerprint density at radius 2 is 1.63 bits per heavy atom. The Morgan fingerprint density at radius 3 is 2.16 bits per heavy atom. The number of nitrogens with zero attached hydrogens (tertiary/aromatic N) is 1. The first kappa shape index (κ1) is 13.4. The van der Waals surface area contributed by atoms with Crippen molar-refractivity contribution in [2.45, 2.75) is 0 Å². The molecule has 0 aliphatic carbocycles. The van der Waals surface area contributed by atoms with Gasteiger partial charge in [0, 0.05) is 19.8 Å². The van der Waals surface area contributed by atoms with Gasteiger partial charge in [0.05, 0.1) is 10.6 Å². The molecule has 0 spiro atoms. The quantitative estimate of drug-likeness (QED) is 0.927. The first-order valence-electron chi connectivity index (χ1n) is 5.79. The fourth-order valence-electron chi connectivity index (χ4n) is 1.82. The van der Waals surface area contributed by atoms with Gasteiger partial charge in [0.25, 0.3) is 0 Å². The molecule has 2 aromatic carbocycles. The highest BCUT2D eigenvalue weighted by atomic mass is 35.5. The van der Waals surface area contributed by atoms with E-state index in [2.05, 4.69) is 0 Å². The lowest BCUT2D eigenvalue weighted by Gasteiger charge is -2.13. The topological polar surface area (TPSA) is 40.5 Å². The summed E-state index contributed by atoms with van der Waals surface area (Å²) in [6, 6.07) is 12.9. The molecule has 19 heavy (non-hydrogen) atoms. The summed E-state index contributed by atoms with van der Waals surface area (Å²) in [7, 11) is 3.94. The van der Waals surface area contributed by atoms with Gasteiger partial charge in [-0.3, -0.25) is 0 Å². The molecule has 4 heteroatoms. The molecule has 0 atom stereocenters. The van der Waals surface area contributed by atoms with E-state index < -0.39 is 5.97 Å². The Balaban J connectivity index is 2.41. The van der Waals surface area contributed by atoms with E-state index in [9.17, 15) is 4.79 Å². The van der Waals surface area contributed by atoms with Crippen LogP contribution in [0, 0.1) is 0 Å². The van der Waals surface area contributed by atoms with Gasteiger partial charge >= 0.3 is 5.97 Å². The number of hydrogen-bond donors (Lipinski definition) is 1. The fourth-order valence-corrected chi connectivity index (χ4v) is 2.02. The minimum atomic E-state index is -1.02. The number of halogens is 1. The van der Waals surface area contributed by atoms with Crippen LogP contribution in [0.4, 0.5) is 5.69 Å². The van der Waals surface area contributed by atoms with Crippen LogP contribution >= 0.6 is 11.6 Å². The second-order valence-electron chi connectivity index (χ2n) is 4.44. The molecule has 0 bridgehead atoms. The molecule has 2 rings (SSSR count). The van der Waals surface area contributed by atoms with E-state index in [0.717, 1.165) is 16.8 Å². The predicted molar refractivity (Wildman–Crippen MR) is 78.2 cm³/mol. The van der Waals surface area contributed by atoms with Crippen molar-refractivity contribution in [2.24, 2.45) is 0 Å². The molecule has 0 unspecified atom stereocenters. The van der Waals surface area contributed by atoms with E-state index in [1.165, 1.54) is 0 Å². The summed E-state index contributed by atoms with van der Waals surface area (Å²) in [6.07, 6.45) is 0. The molecular weight excluding hydrogens is 262 g/mol. The molecule has 0 heterocycles. The van der Waals surface area contributed by atoms with Gasteiger partial charge in [0.15, 0.2) is 0 Å². The molecule has 0 radical (unpaired) electrons. The number of anilines is 1. The van der Waals surface area contributed by atoms with Gasteiger partial charge in [-0.05, 0) is 35.4 Å². The molecule has 98 valence electrons. The number of rotatable bonds is 3. The van der Waals surface area contributed by atoms with Crippen molar-refractivity contribution in [3.8, 4) is 11.1 Å². The normalized spacial score (nSPS) is 10.3. The van der Waals surface area contributed by atoms with E-state index in [0.29, 0.717) is 0 Å². The van der Waals surface area contributed by atoms with Crippen LogP contribution in [0.15, 0.2) is 42.5 Å². The molecule has 0 aliphatic heterocycles. The molecule has 0 amide bonds. The third-order valence-electron chi connectivity index (χ3n) is 2.91. The maximum atomic E-state index is 11.1. The summed E-state index contributed by atoms with van der Waals surface area (Å²) in [5.74, 6) is -1.02. The lowest BCUT2D eigenvalue weighted by Crippen LogP contribution is -2.07. The molecular formula is C15H14ClNO2. The third kappa shape index (κ3) is 2.88. The van der Waals surface area contributed by atoms with E-state index in [4.69, 9.17) is 16.7 Å². The zero-order chi connectivity index (χ0) is 14.0. The Bertz CT molecular complexity index is 606. The van der Waals surface area contributed by atoms with Crippen LogP contribution in [0.25, 0.3) is 11.1 Å². The summed E-state index contributed by atoms with van der Waals surface area (Å²) in [5, 5.41) is 9.31. The first-order valence-corrected chi connectivity index (χ1v) is 6.17. The smallest absolute Gasteiger partial charge is 0.337 e. The van der Waals surface area contributed by atoms with E-state index in [1.54, 1.807) is 12.1 Å². The molecule has 2 aromatic rings. The van der Waals surface area contributed by atoms with Crippen LogP contribution in [-0.4, -0.2) is 25.2 Å². The van der Waals surface area contributed by atoms with Crippen LogP contribution in [0.1, 0.15) is 10.4 Å². The molecule has 0 aliphatic rings. The molecule has 1 N–H and O–H groups in total. The van der Waals surface area contributed by atoms with Gasteiger partial charge < -0.3 is 10.0 Å². The monoisotopic (exact) mass is 275 g/mol. The van der Waals surface area contributed by atoms with Crippen LogP contribution in [0.2, 0.25) is 5.02 Å². The van der Waals surface area contributed by atoms with Crippen LogP contribution in [0.5, 0.6) is 0 Å². The van der Waals surface area contributed by atoms with Gasteiger partial charge in [0.2, 0.25) is 0 Å². The lowest BCUT2D eigenvalue weighted by atomic mass is 10.0. The molecule has 0 saturated heterocycles. The highest BCUT2D eigenvalue weighted by molar-refractivity contribution is 6.33. The van der Waals surface area contributed by atoms with Crippen molar-refractivity contribution >= 4 is 23.3 Å². The Labute approximate surface area is 117 Å². The third-order valence-corrected chi connectivity index (χ3v) is 3.24. The van der Waals surface area contributed by atoms with Crippen molar-refractivity contribution in [1.82, 2.24) is 0 Å². The Kier molecular flexibility index (Phi) is 3.76. The number of carboxylic acids is 1. The van der Waals surface area contributed by atoms with Crippen LogP contribution in [-0.2, 0) is 0 Å². The van der Waals surface area contributed by atoms with Crippen molar-refractivity contribution in [2.75, 3.05) is 19.0 Å². The number of benzene rings is 2. The summed E-state index contributed by atoms with van der Waals surface area (Å²) in [4.78, 5) is 13.1. The van der Waals surface area contributed by atoms with Crippen molar-refractivity contribution < 1.29 is 9.90 Å². The highest BCUT2D eigenvalue weighted by Gasteiger charge is 2.10. The standard InChI is InChI=1S/C15H14ClNO2/c1-17(2)12-6-3-10(4-7-12)11-5-8-14(16)13(9-11)15(18)19/h3-9H,1-2H3,(H,18,19). The average Bonchev–Trinajstić information content (AvgIpc) is 2.39. The number of hydrogen-bond acceptors (Lipinski definition) is 2. The number of carboxylic acid groups (broad SMARTS) is 1. The van der Waals surface area contributed by atoms with E-state index >= 15 is 0 Å². The minimum Gasteiger partial charge on any atom is -0.478 e. The first-order chi connectivity index (χ1) is 8.99. The Morgan fingerprint density at radius 1 is 1.05 bits per heavy atom. The summed E-state index contributed by atoms with van der Waals surface area (Å²) < 4.78 is 0. The summed E-state index contributed by atoms with van der Waals surface area (Å²) in [6.45, 7) is 0. The highest BCUT2D eigenvalue weighted by Crippen LogP contribution is 2.26. The molecule has 0 aromatic heterocycles. The van der Waals surface area contributed by atoms with E-state index in [-0.39, 0.29) is 10.6 Å². The Hall–Kier alpha value is -2.00. The minimum absolute atomic E-state index is 0.121. The van der Waals surface area contributed by atoms with Crippen molar-refractivity contribution in [1.29, 1.82) is 0 Å². The van der Waals surface area contributed by atoms with Crippen molar-refractivity contribution in [3.05, 3.63) is 53.1 Å². The summed E-state index contributed by atoms with van der Waals surface area (Å²) in [5.41, 5.74) is 3.02. The SMILES string of the molecule is CN(C)c1ccc(-c2ccc(Cl)c(C(=O)O)c2)cc1. The van der Waals surface area contributed by atoms with Gasteiger partial charge in [-0.15, -0.1) is 0 Å². The van der Waals surface area contributed by atoms with Crippen LogP contribution < -0.4 is 4.90 Å². The second kappa shape index (κ2) is 5.33. The lowest BCUT2D eigenvalue weighted by molar-refractivity contribution is 0.0697. The number of aromatic carboxylic acids is 1. The van der Waals surface area contributed by atoms with Gasteiger partial charge in [0.1, 0.15) is 0 Å². The number of carbonyl (C=O) groups is 1. The van der Waals surface area contributed by atoms with Gasteiger partial charge in [-0.2, -0.15) is 0 Å².